The lowest BCUT2D eigenvalue weighted by atomic mass is 10.3. The highest BCUT2D eigenvalue weighted by Gasteiger charge is 2.21. The Labute approximate surface area is 113 Å². The summed E-state index contributed by atoms with van der Waals surface area (Å²) in [6.07, 6.45) is -0.592. The first-order valence-electron chi connectivity index (χ1n) is 6.29. The van der Waals surface area contributed by atoms with Gasteiger partial charge in [-0.2, -0.15) is 0 Å². The van der Waals surface area contributed by atoms with Crippen LogP contribution in [0, 0.1) is 0 Å². The average Bonchev–Trinajstić information content (AvgIpc) is 2.43. The largest absolute Gasteiger partial charge is 0.481 e. The van der Waals surface area contributed by atoms with Gasteiger partial charge < -0.3 is 19.5 Å². The standard InChI is InChI=1S/C14H21NO4/c1-12(19-13-6-4-3-5-7-13)14(17)15(8-10-16)9-11-18-2/h3-7,12,16H,8-11H2,1-2H3. The summed E-state index contributed by atoms with van der Waals surface area (Å²) in [6, 6.07) is 9.19. The summed E-state index contributed by atoms with van der Waals surface area (Å²) >= 11 is 0. The molecule has 0 radical (unpaired) electrons. The molecule has 19 heavy (non-hydrogen) atoms. The van der Waals surface area contributed by atoms with E-state index in [9.17, 15) is 4.79 Å². The molecule has 0 aliphatic carbocycles. The van der Waals surface area contributed by atoms with Gasteiger partial charge in [-0.1, -0.05) is 18.2 Å². The molecule has 0 saturated heterocycles. The molecule has 0 aromatic heterocycles. The third-order valence-corrected chi connectivity index (χ3v) is 2.65. The van der Waals surface area contributed by atoms with Gasteiger partial charge in [-0.15, -0.1) is 0 Å². The Morgan fingerprint density at radius 1 is 1.32 bits per heavy atom. The van der Waals surface area contributed by atoms with Crippen LogP contribution in [-0.4, -0.2) is 55.4 Å². The van der Waals surface area contributed by atoms with Crippen LogP contribution < -0.4 is 4.74 Å². The fourth-order valence-corrected chi connectivity index (χ4v) is 1.67. The minimum absolute atomic E-state index is 0.0759. The number of nitrogens with zero attached hydrogens (tertiary/aromatic N) is 1. The highest BCUT2D eigenvalue weighted by molar-refractivity contribution is 5.80. The smallest absolute Gasteiger partial charge is 0.263 e. The van der Waals surface area contributed by atoms with Crippen molar-refractivity contribution in [3.63, 3.8) is 0 Å². The molecule has 0 heterocycles. The maximum Gasteiger partial charge on any atom is 0.263 e. The van der Waals surface area contributed by atoms with Gasteiger partial charge in [-0.05, 0) is 19.1 Å². The van der Waals surface area contributed by atoms with Crippen molar-refractivity contribution in [3.05, 3.63) is 30.3 Å². The molecular weight excluding hydrogens is 246 g/mol. The van der Waals surface area contributed by atoms with Crippen molar-refractivity contribution >= 4 is 5.91 Å². The summed E-state index contributed by atoms with van der Waals surface area (Å²) in [7, 11) is 1.57. The first-order valence-corrected chi connectivity index (χ1v) is 6.29. The summed E-state index contributed by atoms with van der Waals surface area (Å²) in [5.41, 5.74) is 0. The second-order valence-electron chi connectivity index (χ2n) is 4.11. The van der Waals surface area contributed by atoms with E-state index in [0.29, 0.717) is 18.9 Å². The van der Waals surface area contributed by atoms with Crippen molar-refractivity contribution in [1.82, 2.24) is 4.90 Å². The Balaban J connectivity index is 2.57. The number of carbonyl (C=O) groups excluding carboxylic acids is 1. The van der Waals surface area contributed by atoms with Crippen LogP contribution in [0.1, 0.15) is 6.92 Å². The molecule has 5 heteroatoms. The van der Waals surface area contributed by atoms with E-state index in [-0.39, 0.29) is 19.1 Å². The van der Waals surface area contributed by atoms with Gasteiger partial charge in [0.05, 0.1) is 13.2 Å². The lowest BCUT2D eigenvalue weighted by molar-refractivity contribution is -0.139. The first-order chi connectivity index (χ1) is 9.19. The maximum atomic E-state index is 12.2. The van der Waals surface area contributed by atoms with Gasteiger partial charge in [0.15, 0.2) is 6.10 Å². The van der Waals surface area contributed by atoms with E-state index >= 15 is 0 Å². The van der Waals surface area contributed by atoms with Crippen molar-refractivity contribution < 1.29 is 19.4 Å². The number of hydrogen-bond donors (Lipinski definition) is 1. The Morgan fingerprint density at radius 3 is 2.58 bits per heavy atom. The molecule has 106 valence electrons. The highest BCUT2D eigenvalue weighted by atomic mass is 16.5. The van der Waals surface area contributed by atoms with E-state index in [1.807, 2.05) is 18.2 Å². The molecule has 1 rings (SSSR count). The normalized spacial score (nSPS) is 11.9. The molecule has 0 saturated carbocycles. The SMILES string of the molecule is COCCN(CCO)C(=O)C(C)Oc1ccccc1. The number of para-hydroxylation sites is 1. The van der Waals surface area contributed by atoms with Crippen molar-refractivity contribution in [3.8, 4) is 5.75 Å². The number of rotatable bonds is 8. The van der Waals surface area contributed by atoms with Crippen molar-refractivity contribution in [1.29, 1.82) is 0 Å². The minimum Gasteiger partial charge on any atom is -0.481 e. The Morgan fingerprint density at radius 2 is 2.00 bits per heavy atom. The van der Waals surface area contributed by atoms with Crippen LogP contribution >= 0.6 is 0 Å². The number of methoxy groups -OCH3 is 1. The number of benzene rings is 1. The van der Waals surface area contributed by atoms with Gasteiger partial charge in [0.1, 0.15) is 5.75 Å². The van der Waals surface area contributed by atoms with Crippen LogP contribution in [0.2, 0.25) is 0 Å². The Hall–Kier alpha value is -1.59. The molecular formula is C14H21NO4. The van der Waals surface area contributed by atoms with E-state index in [1.54, 1.807) is 26.2 Å². The van der Waals surface area contributed by atoms with Crippen LogP contribution in [0.4, 0.5) is 0 Å². The van der Waals surface area contributed by atoms with Crippen molar-refractivity contribution in [2.24, 2.45) is 0 Å². The van der Waals surface area contributed by atoms with E-state index in [1.165, 1.54) is 4.90 Å². The number of ether oxygens (including phenoxy) is 2. The monoisotopic (exact) mass is 267 g/mol. The van der Waals surface area contributed by atoms with Crippen LogP contribution in [0.5, 0.6) is 5.75 Å². The topological polar surface area (TPSA) is 59.0 Å². The number of aliphatic hydroxyl groups excluding tert-OH is 1. The van der Waals surface area contributed by atoms with E-state index in [4.69, 9.17) is 14.6 Å². The first kappa shape index (κ1) is 15.5. The summed E-state index contributed by atoms with van der Waals surface area (Å²) < 4.78 is 10.5. The predicted molar refractivity (Wildman–Crippen MR) is 72.1 cm³/mol. The summed E-state index contributed by atoms with van der Waals surface area (Å²) in [4.78, 5) is 13.7. The highest BCUT2D eigenvalue weighted by Crippen LogP contribution is 2.12. The molecule has 1 N–H and O–H groups in total. The third kappa shape index (κ3) is 5.28. The van der Waals surface area contributed by atoms with E-state index in [2.05, 4.69) is 0 Å². The van der Waals surface area contributed by atoms with Gasteiger partial charge in [-0.3, -0.25) is 4.79 Å². The number of amides is 1. The quantitative estimate of drug-likeness (QED) is 0.761. The Bertz CT molecular complexity index is 369. The second-order valence-corrected chi connectivity index (χ2v) is 4.11. The number of aliphatic hydroxyl groups is 1. The molecule has 0 bridgehead atoms. The molecule has 1 amide bonds. The zero-order valence-corrected chi connectivity index (χ0v) is 11.4. The fourth-order valence-electron chi connectivity index (χ4n) is 1.67. The number of hydrogen-bond acceptors (Lipinski definition) is 4. The lowest BCUT2D eigenvalue weighted by Crippen LogP contribution is -2.43. The van der Waals surface area contributed by atoms with Gasteiger partial charge in [0, 0.05) is 20.2 Å². The van der Waals surface area contributed by atoms with Gasteiger partial charge in [0.2, 0.25) is 0 Å². The molecule has 1 unspecified atom stereocenters. The molecule has 1 aromatic rings. The van der Waals surface area contributed by atoms with Crippen LogP contribution in [0.3, 0.4) is 0 Å². The van der Waals surface area contributed by atoms with E-state index < -0.39 is 6.10 Å². The molecule has 1 atom stereocenters. The van der Waals surface area contributed by atoms with Gasteiger partial charge >= 0.3 is 0 Å². The van der Waals surface area contributed by atoms with Gasteiger partial charge in [0.25, 0.3) is 5.91 Å². The molecule has 0 spiro atoms. The van der Waals surface area contributed by atoms with Crippen LogP contribution in [0.25, 0.3) is 0 Å². The van der Waals surface area contributed by atoms with Crippen molar-refractivity contribution in [2.45, 2.75) is 13.0 Å². The zero-order valence-electron chi connectivity index (χ0n) is 11.4. The minimum atomic E-state index is -0.592. The fraction of sp³-hybridized carbons (Fsp3) is 0.500. The van der Waals surface area contributed by atoms with Crippen LogP contribution in [0.15, 0.2) is 30.3 Å². The maximum absolute atomic E-state index is 12.2. The predicted octanol–water partition coefficient (Wildman–Crippen LogP) is 0.921. The number of carbonyl (C=O) groups is 1. The molecule has 0 fully saturated rings. The molecule has 0 aliphatic rings. The third-order valence-electron chi connectivity index (χ3n) is 2.65. The van der Waals surface area contributed by atoms with Crippen molar-refractivity contribution in [2.75, 3.05) is 33.4 Å². The zero-order chi connectivity index (χ0) is 14.1. The van der Waals surface area contributed by atoms with E-state index in [0.717, 1.165) is 0 Å². The lowest BCUT2D eigenvalue weighted by Gasteiger charge is -2.25. The molecule has 1 aromatic carbocycles. The summed E-state index contributed by atoms with van der Waals surface area (Å²) in [5, 5.41) is 8.98. The summed E-state index contributed by atoms with van der Waals surface area (Å²) in [5.74, 6) is 0.494. The summed E-state index contributed by atoms with van der Waals surface area (Å²) in [6.45, 7) is 2.78. The second kappa shape index (κ2) is 8.50. The molecule has 0 aliphatic heterocycles. The van der Waals surface area contributed by atoms with Crippen LogP contribution in [-0.2, 0) is 9.53 Å². The Kier molecular flexibility index (Phi) is 6.92. The molecule has 5 nitrogen and oxygen atoms in total. The average molecular weight is 267 g/mol. The van der Waals surface area contributed by atoms with Gasteiger partial charge in [-0.25, -0.2) is 0 Å².